The molecular formula is C15H16N2O3. The summed E-state index contributed by atoms with van der Waals surface area (Å²) in [7, 11) is 0. The van der Waals surface area contributed by atoms with Crippen molar-refractivity contribution < 1.29 is 10.0 Å². The number of rotatable bonds is 4. The number of nitro benzene ring substituents is 1. The molecular weight excluding hydrogens is 256 g/mol. The minimum Gasteiger partial charge on any atom is -0.508 e. The van der Waals surface area contributed by atoms with E-state index in [4.69, 9.17) is 0 Å². The van der Waals surface area contributed by atoms with Gasteiger partial charge in [0, 0.05) is 11.8 Å². The van der Waals surface area contributed by atoms with Crippen LogP contribution >= 0.6 is 0 Å². The molecule has 0 saturated heterocycles. The lowest BCUT2D eigenvalue weighted by Gasteiger charge is -2.16. The molecule has 20 heavy (non-hydrogen) atoms. The first-order valence-electron chi connectivity index (χ1n) is 6.28. The van der Waals surface area contributed by atoms with Crippen LogP contribution in [0, 0.1) is 17.0 Å². The molecule has 2 N–H and O–H groups in total. The van der Waals surface area contributed by atoms with Crippen LogP contribution in [-0.4, -0.2) is 10.0 Å². The predicted molar refractivity (Wildman–Crippen MR) is 78.0 cm³/mol. The molecule has 0 saturated carbocycles. The number of anilines is 1. The van der Waals surface area contributed by atoms with Gasteiger partial charge in [-0.3, -0.25) is 10.1 Å². The molecule has 2 aromatic carbocycles. The van der Waals surface area contributed by atoms with Crippen LogP contribution in [0.5, 0.6) is 5.75 Å². The summed E-state index contributed by atoms with van der Waals surface area (Å²) in [5, 5.41) is 23.7. The van der Waals surface area contributed by atoms with E-state index in [9.17, 15) is 15.2 Å². The Kier molecular flexibility index (Phi) is 3.89. The average Bonchev–Trinajstić information content (AvgIpc) is 2.43. The highest BCUT2D eigenvalue weighted by Crippen LogP contribution is 2.28. The van der Waals surface area contributed by atoms with E-state index in [2.05, 4.69) is 5.32 Å². The van der Waals surface area contributed by atoms with Gasteiger partial charge in [-0.1, -0.05) is 18.2 Å². The Morgan fingerprint density at radius 2 is 1.95 bits per heavy atom. The van der Waals surface area contributed by atoms with E-state index in [1.165, 1.54) is 6.07 Å². The van der Waals surface area contributed by atoms with E-state index < -0.39 is 0 Å². The molecule has 1 unspecified atom stereocenters. The van der Waals surface area contributed by atoms with E-state index in [0.29, 0.717) is 5.56 Å². The maximum atomic E-state index is 11.0. The molecule has 2 aromatic rings. The van der Waals surface area contributed by atoms with Crippen LogP contribution in [-0.2, 0) is 0 Å². The Bertz CT molecular complexity index is 641. The van der Waals surface area contributed by atoms with Crippen molar-refractivity contribution in [3.63, 3.8) is 0 Å². The summed E-state index contributed by atoms with van der Waals surface area (Å²) in [6.45, 7) is 3.67. The standard InChI is InChI=1S/C15H16N2O3/c1-10-9-12(7-8-15(10)18)16-11(2)13-5-3-4-6-14(13)17(19)20/h3-9,11,16,18H,1-2H3. The van der Waals surface area contributed by atoms with E-state index in [1.54, 1.807) is 43.3 Å². The fraction of sp³-hybridized carbons (Fsp3) is 0.200. The first-order valence-corrected chi connectivity index (χ1v) is 6.28. The molecule has 5 heteroatoms. The molecule has 5 nitrogen and oxygen atoms in total. The third-order valence-electron chi connectivity index (χ3n) is 3.18. The van der Waals surface area contributed by atoms with Crippen LogP contribution < -0.4 is 5.32 Å². The van der Waals surface area contributed by atoms with Gasteiger partial charge in [0.15, 0.2) is 0 Å². The summed E-state index contributed by atoms with van der Waals surface area (Å²) >= 11 is 0. The number of aryl methyl sites for hydroxylation is 1. The molecule has 0 aromatic heterocycles. The van der Waals surface area contributed by atoms with Crippen molar-refractivity contribution in [1.82, 2.24) is 0 Å². The average molecular weight is 272 g/mol. The summed E-state index contributed by atoms with van der Waals surface area (Å²) in [6.07, 6.45) is 0. The molecule has 0 spiro atoms. The van der Waals surface area contributed by atoms with E-state index in [0.717, 1.165) is 11.3 Å². The zero-order chi connectivity index (χ0) is 14.7. The van der Waals surface area contributed by atoms with E-state index in [1.807, 2.05) is 6.92 Å². The van der Waals surface area contributed by atoms with Gasteiger partial charge >= 0.3 is 0 Å². The summed E-state index contributed by atoms with van der Waals surface area (Å²) < 4.78 is 0. The zero-order valence-corrected chi connectivity index (χ0v) is 11.3. The van der Waals surface area contributed by atoms with Crippen molar-refractivity contribution in [1.29, 1.82) is 0 Å². The van der Waals surface area contributed by atoms with Gasteiger partial charge in [0.05, 0.1) is 16.5 Å². The second-order valence-corrected chi connectivity index (χ2v) is 4.68. The third-order valence-corrected chi connectivity index (χ3v) is 3.18. The first kappa shape index (κ1) is 13.9. The number of benzene rings is 2. The summed E-state index contributed by atoms with van der Waals surface area (Å²) in [5.41, 5.74) is 2.29. The highest BCUT2D eigenvalue weighted by atomic mass is 16.6. The van der Waals surface area contributed by atoms with Crippen molar-refractivity contribution in [3.05, 3.63) is 63.7 Å². The molecule has 1 atom stereocenters. The normalized spacial score (nSPS) is 11.9. The fourth-order valence-electron chi connectivity index (χ4n) is 2.09. The van der Waals surface area contributed by atoms with Crippen molar-refractivity contribution in [2.24, 2.45) is 0 Å². The molecule has 2 rings (SSSR count). The van der Waals surface area contributed by atoms with Crippen molar-refractivity contribution in [3.8, 4) is 5.75 Å². The van der Waals surface area contributed by atoms with Crippen LogP contribution in [0.2, 0.25) is 0 Å². The van der Waals surface area contributed by atoms with Crippen LogP contribution in [0.4, 0.5) is 11.4 Å². The topological polar surface area (TPSA) is 75.4 Å². The number of nitro groups is 1. The monoisotopic (exact) mass is 272 g/mol. The largest absolute Gasteiger partial charge is 0.508 e. The Labute approximate surface area is 117 Å². The number of hydrogen-bond donors (Lipinski definition) is 2. The highest BCUT2D eigenvalue weighted by molar-refractivity contribution is 5.53. The third kappa shape index (κ3) is 2.88. The van der Waals surface area contributed by atoms with Gasteiger partial charge in [-0.2, -0.15) is 0 Å². The smallest absolute Gasteiger partial charge is 0.274 e. The van der Waals surface area contributed by atoms with Gasteiger partial charge in [0.2, 0.25) is 0 Å². The van der Waals surface area contributed by atoms with Crippen LogP contribution in [0.3, 0.4) is 0 Å². The summed E-state index contributed by atoms with van der Waals surface area (Å²) in [6, 6.07) is 11.6. The second kappa shape index (κ2) is 5.61. The Balaban J connectivity index is 2.26. The number of hydrogen-bond acceptors (Lipinski definition) is 4. The molecule has 0 aliphatic carbocycles. The van der Waals surface area contributed by atoms with E-state index in [-0.39, 0.29) is 22.4 Å². The lowest BCUT2D eigenvalue weighted by Crippen LogP contribution is -2.09. The number of nitrogens with one attached hydrogen (secondary N) is 1. The maximum absolute atomic E-state index is 11.0. The van der Waals surface area contributed by atoms with Gasteiger partial charge in [-0.15, -0.1) is 0 Å². The zero-order valence-electron chi connectivity index (χ0n) is 11.3. The quantitative estimate of drug-likeness (QED) is 0.504. The first-order chi connectivity index (χ1) is 9.49. The maximum Gasteiger partial charge on any atom is 0.274 e. The summed E-state index contributed by atoms with van der Waals surface area (Å²) in [4.78, 5) is 10.6. The van der Waals surface area contributed by atoms with Gasteiger partial charge in [-0.05, 0) is 37.6 Å². The number of nitrogens with zero attached hydrogens (tertiary/aromatic N) is 1. The van der Waals surface area contributed by atoms with Crippen LogP contribution in [0.1, 0.15) is 24.1 Å². The Morgan fingerprint density at radius 3 is 2.60 bits per heavy atom. The Hall–Kier alpha value is -2.56. The molecule has 0 bridgehead atoms. The highest BCUT2D eigenvalue weighted by Gasteiger charge is 2.17. The summed E-state index contributed by atoms with van der Waals surface area (Å²) in [5.74, 6) is 0.230. The Morgan fingerprint density at radius 1 is 1.25 bits per heavy atom. The number of para-hydroxylation sites is 1. The minimum absolute atomic E-state index is 0.100. The molecule has 0 aliphatic rings. The van der Waals surface area contributed by atoms with Crippen molar-refractivity contribution >= 4 is 11.4 Å². The lowest BCUT2D eigenvalue weighted by atomic mass is 10.1. The van der Waals surface area contributed by atoms with Crippen LogP contribution in [0.15, 0.2) is 42.5 Å². The molecule has 0 radical (unpaired) electrons. The second-order valence-electron chi connectivity index (χ2n) is 4.68. The minimum atomic E-state index is -0.379. The van der Waals surface area contributed by atoms with Gasteiger partial charge in [0.1, 0.15) is 5.75 Å². The van der Waals surface area contributed by atoms with Crippen molar-refractivity contribution in [2.45, 2.75) is 19.9 Å². The van der Waals surface area contributed by atoms with Gasteiger partial charge in [0.25, 0.3) is 5.69 Å². The molecule has 0 fully saturated rings. The number of aromatic hydroxyl groups is 1. The SMILES string of the molecule is Cc1cc(NC(C)c2ccccc2[N+](=O)[O-])ccc1O. The fourth-order valence-corrected chi connectivity index (χ4v) is 2.09. The molecule has 0 aliphatic heterocycles. The molecule has 104 valence electrons. The van der Waals surface area contributed by atoms with E-state index >= 15 is 0 Å². The lowest BCUT2D eigenvalue weighted by molar-refractivity contribution is -0.385. The molecule has 0 amide bonds. The number of phenols is 1. The predicted octanol–water partition coefficient (Wildman–Crippen LogP) is 3.78. The van der Waals surface area contributed by atoms with Gasteiger partial charge < -0.3 is 10.4 Å². The van der Waals surface area contributed by atoms with Gasteiger partial charge in [-0.25, -0.2) is 0 Å². The van der Waals surface area contributed by atoms with Crippen LogP contribution in [0.25, 0.3) is 0 Å². The molecule has 0 heterocycles. The van der Waals surface area contributed by atoms with Crippen molar-refractivity contribution in [2.75, 3.05) is 5.32 Å². The number of phenolic OH excluding ortho intramolecular Hbond substituents is 1.